The molecular weight excluding hydrogens is 136 g/mol. The molecule has 0 bridgehead atoms. The molecule has 0 atom stereocenters. The molecule has 1 saturated heterocycles. The van der Waals surface area contributed by atoms with Crippen LogP contribution in [0.15, 0.2) is 0 Å². The van der Waals surface area contributed by atoms with Gasteiger partial charge in [0.25, 0.3) is 0 Å². The van der Waals surface area contributed by atoms with Gasteiger partial charge in [-0.1, -0.05) is 0 Å². The molecule has 2 N–H and O–H groups in total. The van der Waals surface area contributed by atoms with Gasteiger partial charge in [-0.05, 0) is 32.1 Å². The standard InChI is InChI=1S/C9H18N2/c1-8(2,5-10)11-6-9(7-11)3-4-9/h3-7,10H2,1-2H3. The zero-order valence-electron chi connectivity index (χ0n) is 7.56. The van der Waals surface area contributed by atoms with Gasteiger partial charge in [-0.15, -0.1) is 0 Å². The number of rotatable bonds is 2. The van der Waals surface area contributed by atoms with E-state index in [0.29, 0.717) is 0 Å². The van der Waals surface area contributed by atoms with Gasteiger partial charge in [-0.2, -0.15) is 0 Å². The largest absolute Gasteiger partial charge is 0.329 e. The van der Waals surface area contributed by atoms with E-state index in [1.54, 1.807) is 0 Å². The Morgan fingerprint density at radius 2 is 1.91 bits per heavy atom. The third kappa shape index (κ3) is 1.09. The van der Waals surface area contributed by atoms with Crippen LogP contribution in [0.4, 0.5) is 0 Å². The minimum absolute atomic E-state index is 0.244. The molecule has 2 aliphatic rings. The van der Waals surface area contributed by atoms with Gasteiger partial charge in [0.15, 0.2) is 0 Å². The van der Waals surface area contributed by atoms with Crippen LogP contribution in [0.3, 0.4) is 0 Å². The van der Waals surface area contributed by atoms with Crippen LogP contribution < -0.4 is 5.73 Å². The molecule has 1 saturated carbocycles. The molecule has 2 rings (SSSR count). The molecule has 0 aromatic carbocycles. The van der Waals surface area contributed by atoms with Crippen LogP contribution in [-0.2, 0) is 0 Å². The zero-order valence-corrected chi connectivity index (χ0v) is 7.56. The summed E-state index contributed by atoms with van der Waals surface area (Å²) < 4.78 is 0. The molecule has 2 heteroatoms. The monoisotopic (exact) mass is 154 g/mol. The van der Waals surface area contributed by atoms with Crippen molar-refractivity contribution in [1.82, 2.24) is 4.90 Å². The second kappa shape index (κ2) is 1.99. The summed E-state index contributed by atoms with van der Waals surface area (Å²) in [6.45, 7) is 7.86. The van der Waals surface area contributed by atoms with Crippen LogP contribution >= 0.6 is 0 Å². The molecule has 0 radical (unpaired) electrons. The van der Waals surface area contributed by atoms with Crippen LogP contribution in [-0.4, -0.2) is 30.1 Å². The first-order valence-electron chi connectivity index (χ1n) is 4.53. The molecule has 64 valence electrons. The van der Waals surface area contributed by atoms with Gasteiger partial charge in [0.1, 0.15) is 0 Å². The molecular formula is C9H18N2. The SMILES string of the molecule is CC(C)(CN)N1CC2(CC2)C1. The highest BCUT2D eigenvalue weighted by molar-refractivity contribution is 5.08. The molecule has 0 aromatic heterocycles. The molecule has 2 nitrogen and oxygen atoms in total. The summed E-state index contributed by atoms with van der Waals surface area (Å²) in [5.74, 6) is 0. The van der Waals surface area contributed by atoms with Crippen LogP contribution in [0, 0.1) is 5.41 Å². The first-order chi connectivity index (χ1) is 5.08. The minimum Gasteiger partial charge on any atom is -0.329 e. The summed E-state index contributed by atoms with van der Waals surface area (Å²) in [6.07, 6.45) is 2.92. The predicted molar refractivity (Wildman–Crippen MR) is 46.4 cm³/mol. The van der Waals surface area contributed by atoms with Crippen LogP contribution in [0.1, 0.15) is 26.7 Å². The average molecular weight is 154 g/mol. The Morgan fingerprint density at radius 1 is 1.36 bits per heavy atom. The lowest BCUT2D eigenvalue weighted by Crippen LogP contribution is -2.61. The normalized spacial score (nSPS) is 28.6. The maximum atomic E-state index is 5.68. The topological polar surface area (TPSA) is 29.3 Å². The fourth-order valence-corrected chi connectivity index (χ4v) is 1.81. The number of nitrogens with two attached hydrogens (primary N) is 1. The van der Waals surface area contributed by atoms with Crippen molar-refractivity contribution in [2.75, 3.05) is 19.6 Å². The molecule has 1 heterocycles. The van der Waals surface area contributed by atoms with E-state index in [0.717, 1.165) is 12.0 Å². The smallest absolute Gasteiger partial charge is 0.0275 e. The average Bonchev–Trinajstić information content (AvgIpc) is 2.62. The Bertz CT molecular complexity index is 162. The van der Waals surface area contributed by atoms with E-state index in [1.165, 1.54) is 25.9 Å². The number of hydrogen-bond donors (Lipinski definition) is 1. The summed E-state index contributed by atoms with van der Waals surface area (Å²) in [7, 11) is 0. The first-order valence-corrected chi connectivity index (χ1v) is 4.53. The molecule has 11 heavy (non-hydrogen) atoms. The quantitative estimate of drug-likeness (QED) is 0.638. The Labute approximate surface area is 68.7 Å². The van der Waals surface area contributed by atoms with Crippen molar-refractivity contribution < 1.29 is 0 Å². The van der Waals surface area contributed by atoms with Crippen molar-refractivity contribution >= 4 is 0 Å². The Kier molecular flexibility index (Phi) is 1.37. The van der Waals surface area contributed by atoms with Gasteiger partial charge < -0.3 is 5.73 Å². The van der Waals surface area contributed by atoms with Gasteiger partial charge in [0.2, 0.25) is 0 Å². The van der Waals surface area contributed by atoms with Crippen LogP contribution in [0.2, 0.25) is 0 Å². The molecule has 1 aliphatic heterocycles. The highest BCUT2D eigenvalue weighted by atomic mass is 15.3. The third-order valence-corrected chi connectivity index (χ3v) is 3.37. The van der Waals surface area contributed by atoms with Gasteiger partial charge >= 0.3 is 0 Å². The lowest BCUT2D eigenvalue weighted by molar-refractivity contribution is -0.00537. The van der Waals surface area contributed by atoms with E-state index in [-0.39, 0.29) is 5.54 Å². The van der Waals surface area contributed by atoms with E-state index < -0.39 is 0 Å². The molecule has 2 fully saturated rings. The number of nitrogens with zero attached hydrogens (tertiary/aromatic N) is 1. The summed E-state index contributed by atoms with van der Waals surface area (Å²) in [5, 5.41) is 0. The third-order valence-electron chi connectivity index (χ3n) is 3.37. The van der Waals surface area contributed by atoms with Crippen molar-refractivity contribution in [1.29, 1.82) is 0 Å². The molecule has 0 aromatic rings. The zero-order chi connectivity index (χ0) is 8.11. The molecule has 1 aliphatic carbocycles. The summed E-state index contributed by atoms with van der Waals surface area (Å²) in [5.41, 5.74) is 6.70. The van der Waals surface area contributed by atoms with Crippen LogP contribution in [0.25, 0.3) is 0 Å². The van der Waals surface area contributed by atoms with E-state index in [1.807, 2.05) is 0 Å². The minimum atomic E-state index is 0.244. The van der Waals surface area contributed by atoms with E-state index in [9.17, 15) is 0 Å². The highest BCUT2D eigenvalue weighted by Gasteiger charge is 2.54. The Morgan fingerprint density at radius 3 is 2.27 bits per heavy atom. The maximum Gasteiger partial charge on any atom is 0.0275 e. The number of likely N-dealkylation sites (tertiary alicyclic amines) is 1. The van der Waals surface area contributed by atoms with Crippen LogP contribution in [0.5, 0.6) is 0 Å². The number of hydrogen-bond acceptors (Lipinski definition) is 2. The molecule has 0 amide bonds. The second-order valence-electron chi connectivity index (χ2n) is 4.87. The summed E-state index contributed by atoms with van der Waals surface area (Å²) in [4.78, 5) is 2.51. The maximum absolute atomic E-state index is 5.68. The van der Waals surface area contributed by atoms with Gasteiger partial charge in [-0.25, -0.2) is 0 Å². The predicted octanol–water partition coefficient (Wildman–Crippen LogP) is 0.819. The van der Waals surface area contributed by atoms with Crippen molar-refractivity contribution in [2.45, 2.75) is 32.2 Å². The van der Waals surface area contributed by atoms with Crippen molar-refractivity contribution in [3.05, 3.63) is 0 Å². The van der Waals surface area contributed by atoms with E-state index in [4.69, 9.17) is 5.73 Å². The fraction of sp³-hybridized carbons (Fsp3) is 1.00. The lowest BCUT2D eigenvalue weighted by Gasteiger charge is -2.49. The van der Waals surface area contributed by atoms with E-state index >= 15 is 0 Å². The van der Waals surface area contributed by atoms with Gasteiger partial charge in [0.05, 0.1) is 0 Å². The first kappa shape index (κ1) is 7.56. The Hall–Kier alpha value is -0.0800. The summed E-state index contributed by atoms with van der Waals surface area (Å²) >= 11 is 0. The van der Waals surface area contributed by atoms with Gasteiger partial charge in [-0.3, -0.25) is 4.90 Å². The van der Waals surface area contributed by atoms with Crippen molar-refractivity contribution in [2.24, 2.45) is 11.1 Å². The summed E-state index contributed by atoms with van der Waals surface area (Å²) in [6, 6.07) is 0. The van der Waals surface area contributed by atoms with Crippen molar-refractivity contribution in [3.8, 4) is 0 Å². The second-order valence-corrected chi connectivity index (χ2v) is 4.87. The molecule has 1 spiro atoms. The molecule has 0 unspecified atom stereocenters. The fourth-order valence-electron chi connectivity index (χ4n) is 1.81. The highest BCUT2D eigenvalue weighted by Crippen LogP contribution is 2.54. The Balaban J connectivity index is 1.89. The van der Waals surface area contributed by atoms with Gasteiger partial charge in [0, 0.05) is 25.2 Å². The van der Waals surface area contributed by atoms with Crippen molar-refractivity contribution in [3.63, 3.8) is 0 Å². The van der Waals surface area contributed by atoms with E-state index in [2.05, 4.69) is 18.7 Å². The lowest BCUT2D eigenvalue weighted by atomic mass is 9.89.